The van der Waals surface area contributed by atoms with Gasteiger partial charge in [-0.2, -0.15) is 0 Å². The minimum absolute atomic E-state index is 0.0286. The highest BCUT2D eigenvalue weighted by molar-refractivity contribution is 7.89. The van der Waals surface area contributed by atoms with Gasteiger partial charge in [-0.25, -0.2) is 26.3 Å². The summed E-state index contributed by atoms with van der Waals surface area (Å²) < 4.78 is 47.0. The van der Waals surface area contributed by atoms with Gasteiger partial charge in [0.05, 0.1) is 10.6 Å². The molecule has 0 aliphatic heterocycles. The molecule has 9 heteroatoms. The second-order valence-electron chi connectivity index (χ2n) is 4.89. The average molecular weight is 335 g/mol. The number of nitrogens with one attached hydrogen (secondary N) is 1. The molecule has 120 valence electrons. The smallest absolute Gasteiger partial charge is 0.238 e. The van der Waals surface area contributed by atoms with Crippen LogP contribution in [0.25, 0.3) is 0 Å². The Morgan fingerprint density at radius 1 is 1.24 bits per heavy atom. The van der Waals surface area contributed by atoms with Gasteiger partial charge in [0.15, 0.2) is 0 Å². The number of nitrogens with two attached hydrogens (primary N) is 1. The van der Waals surface area contributed by atoms with Gasteiger partial charge in [-0.3, -0.25) is 0 Å². The van der Waals surface area contributed by atoms with Gasteiger partial charge in [0.2, 0.25) is 20.0 Å². The van der Waals surface area contributed by atoms with E-state index in [1.54, 1.807) is 12.1 Å². The van der Waals surface area contributed by atoms with E-state index >= 15 is 0 Å². The molecule has 0 fully saturated rings. The van der Waals surface area contributed by atoms with Crippen LogP contribution in [-0.4, -0.2) is 47.5 Å². The molecule has 1 aromatic rings. The van der Waals surface area contributed by atoms with Crippen LogP contribution in [0, 0.1) is 0 Å². The lowest BCUT2D eigenvalue weighted by Crippen LogP contribution is -2.32. The van der Waals surface area contributed by atoms with Crippen molar-refractivity contribution >= 4 is 20.0 Å². The molecule has 21 heavy (non-hydrogen) atoms. The maximum atomic E-state index is 11.6. The predicted octanol–water partition coefficient (Wildman–Crippen LogP) is -0.124. The number of primary sulfonamides is 1. The van der Waals surface area contributed by atoms with Crippen LogP contribution < -0.4 is 10.5 Å². The second-order valence-corrected chi connectivity index (χ2v) is 8.76. The minimum Gasteiger partial charge on any atom is -0.309 e. The van der Waals surface area contributed by atoms with E-state index in [1.807, 2.05) is 6.92 Å². The topological polar surface area (TPSA) is 110 Å². The van der Waals surface area contributed by atoms with Gasteiger partial charge in [-0.15, -0.1) is 0 Å². The van der Waals surface area contributed by atoms with E-state index in [2.05, 4.69) is 5.32 Å². The quantitative estimate of drug-likeness (QED) is 0.722. The molecule has 0 aliphatic rings. The summed E-state index contributed by atoms with van der Waals surface area (Å²) in [7, 11) is -4.04. The number of rotatable bonds is 7. The Kier molecular flexibility index (Phi) is 5.88. The molecular weight excluding hydrogens is 314 g/mol. The fourth-order valence-corrected chi connectivity index (χ4v) is 2.98. The molecule has 1 rings (SSSR count). The van der Waals surface area contributed by atoms with Gasteiger partial charge < -0.3 is 5.32 Å². The summed E-state index contributed by atoms with van der Waals surface area (Å²) in [6, 6.07) is 6.07. The van der Waals surface area contributed by atoms with Crippen molar-refractivity contribution in [3.8, 4) is 0 Å². The number of sulfonamides is 2. The lowest BCUT2D eigenvalue weighted by molar-refractivity contribution is 0.512. The van der Waals surface area contributed by atoms with E-state index in [1.165, 1.54) is 30.5 Å². The lowest BCUT2D eigenvalue weighted by Gasteiger charge is -2.16. The molecule has 0 radical (unpaired) electrons. The lowest BCUT2D eigenvalue weighted by atomic mass is 10.1. The standard InChI is InChI=1S/C12H21N3O4S2/c1-10(14-7-8-20(16,17)15(2)3)11-5-4-6-12(9-11)21(13,18)19/h4-6,9-10,14H,7-8H2,1-3H3,(H2,13,18,19). The molecule has 0 amide bonds. The Bertz CT molecular complexity index is 684. The summed E-state index contributed by atoms with van der Waals surface area (Å²) in [6.45, 7) is 2.09. The molecule has 0 aromatic heterocycles. The van der Waals surface area contributed by atoms with Crippen LogP contribution in [0.15, 0.2) is 29.2 Å². The molecule has 0 saturated heterocycles. The Hall–Kier alpha value is -1.00. The molecule has 1 atom stereocenters. The fourth-order valence-electron chi connectivity index (χ4n) is 1.67. The van der Waals surface area contributed by atoms with E-state index < -0.39 is 20.0 Å². The Balaban J connectivity index is 2.71. The van der Waals surface area contributed by atoms with Crippen LogP contribution in [0.1, 0.15) is 18.5 Å². The SMILES string of the molecule is CC(NCCS(=O)(=O)N(C)C)c1cccc(S(N)(=O)=O)c1. The highest BCUT2D eigenvalue weighted by atomic mass is 32.2. The third-order valence-corrected chi connectivity index (χ3v) is 5.80. The zero-order valence-electron chi connectivity index (χ0n) is 12.3. The molecule has 1 aromatic carbocycles. The number of hydrogen-bond donors (Lipinski definition) is 2. The van der Waals surface area contributed by atoms with Crippen molar-refractivity contribution in [3.63, 3.8) is 0 Å². The Morgan fingerprint density at radius 2 is 1.86 bits per heavy atom. The molecule has 0 saturated carbocycles. The maximum Gasteiger partial charge on any atom is 0.238 e. The van der Waals surface area contributed by atoms with Crippen LogP contribution in [-0.2, 0) is 20.0 Å². The Morgan fingerprint density at radius 3 is 2.38 bits per heavy atom. The molecule has 0 heterocycles. The van der Waals surface area contributed by atoms with Crippen molar-refractivity contribution in [1.29, 1.82) is 0 Å². The average Bonchev–Trinajstić information content (AvgIpc) is 2.37. The first-order valence-electron chi connectivity index (χ1n) is 6.30. The van der Waals surface area contributed by atoms with Crippen LogP contribution in [0.5, 0.6) is 0 Å². The van der Waals surface area contributed by atoms with Crippen molar-refractivity contribution in [2.45, 2.75) is 17.9 Å². The van der Waals surface area contributed by atoms with Crippen LogP contribution >= 0.6 is 0 Å². The van der Waals surface area contributed by atoms with Crippen LogP contribution in [0.2, 0.25) is 0 Å². The molecule has 3 N–H and O–H groups in total. The summed E-state index contributed by atoms with van der Waals surface area (Å²) in [6.07, 6.45) is 0. The zero-order chi connectivity index (χ0) is 16.3. The van der Waals surface area contributed by atoms with Crippen molar-refractivity contribution in [2.75, 3.05) is 26.4 Å². The molecule has 0 aliphatic carbocycles. The molecule has 1 unspecified atom stereocenters. The third-order valence-electron chi connectivity index (χ3n) is 3.05. The van der Waals surface area contributed by atoms with Gasteiger partial charge >= 0.3 is 0 Å². The first-order chi connectivity index (χ1) is 9.54. The largest absolute Gasteiger partial charge is 0.309 e. The van der Waals surface area contributed by atoms with E-state index in [0.717, 1.165) is 5.56 Å². The van der Waals surface area contributed by atoms with Crippen LogP contribution in [0.4, 0.5) is 0 Å². The summed E-state index contributed by atoms with van der Waals surface area (Å²) in [5, 5.41) is 8.13. The normalized spacial score (nSPS) is 14.3. The van der Waals surface area contributed by atoms with Crippen molar-refractivity contribution < 1.29 is 16.8 Å². The van der Waals surface area contributed by atoms with Crippen molar-refractivity contribution in [3.05, 3.63) is 29.8 Å². The number of nitrogens with zero attached hydrogens (tertiary/aromatic N) is 1. The van der Waals surface area contributed by atoms with E-state index in [0.29, 0.717) is 0 Å². The zero-order valence-corrected chi connectivity index (χ0v) is 13.9. The highest BCUT2D eigenvalue weighted by Crippen LogP contribution is 2.16. The van der Waals surface area contributed by atoms with Gasteiger partial charge in [0.25, 0.3) is 0 Å². The third kappa shape index (κ3) is 5.36. The Labute approximate surface area is 126 Å². The van der Waals surface area contributed by atoms with E-state index in [4.69, 9.17) is 5.14 Å². The number of hydrogen-bond acceptors (Lipinski definition) is 5. The predicted molar refractivity (Wildman–Crippen MR) is 81.7 cm³/mol. The van der Waals surface area contributed by atoms with E-state index in [9.17, 15) is 16.8 Å². The number of benzene rings is 1. The van der Waals surface area contributed by atoms with Gasteiger partial charge in [-0.05, 0) is 24.6 Å². The first-order valence-corrected chi connectivity index (χ1v) is 9.46. The van der Waals surface area contributed by atoms with Crippen molar-refractivity contribution in [1.82, 2.24) is 9.62 Å². The van der Waals surface area contributed by atoms with Crippen molar-refractivity contribution in [2.24, 2.45) is 5.14 Å². The van der Waals surface area contributed by atoms with Crippen LogP contribution in [0.3, 0.4) is 0 Å². The van der Waals surface area contributed by atoms with Gasteiger partial charge in [-0.1, -0.05) is 12.1 Å². The summed E-state index contributed by atoms with van der Waals surface area (Å²) in [5.74, 6) is -0.0286. The minimum atomic E-state index is -3.74. The fraction of sp³-hybridized carbons (Fsp3) is 0.500. The second kappa shape index (κ2) is 6.84. The first kappa shape index (κ1) is 18.1. The van der Waals surface area contributed by atoms with Gasteiger partial charge in [0, 0.05) is 26.7 Å². The summed E-state index contributed by atoms with van der Waals surface area (Å²) in [5.41, 5.74) is 0.726. The van der Waals surface area contributed by atoms with Gasteiger partial charge in [0.1, 0.15) is 0 Å². The molecule has 0 spiro atoms. The molecular formula is C12H21N3O4S2. The van der Waals surface area contributed by atoms with E-state index in [-0.39, 0.29) is 23.2 Å². The maximum absolute atomic E-state index is 11.6. The highest BCUT2D eigenvalue weighted by Gasteiger charge is 2.15. The summed E-state index contributed by atoms with van der Waals surface area (Å²) in [4.78, 5) is 0.0366. The summed E-state index contributed by atoms with van der Waals surface area (Å²) >= 11 is 0. The monoisotopic (exact) mass is 335 g/mol. The molecule has 0 bridgehead atoms. The molecule has 7 nitrogen and oxygen atoms in total.